The molecular weight excluding hydrogens is 292 g/mol. The monoisotopic (exact) mass is 306 g/mol. The Morgan fingerprint density at radius 1 is 1.09 bits per heavy atom. The summed E-state index contributed by atoms with van der Waals surface area (Å²) in [5.41, 5.74) is 1.79. The predicted octanol–water partition coefficient (Wildman–Crippen LogP) is 1.76. The molecule has 114 valence electrons. The van der Waals surface area contributed by atoms with Crippen molar-refractivity contribution >= 4 is 5.91 Å². The third-order valence-corrected chi connectivity index (χ3v) is 3.26. The van der Waals surface area contributed by atoms with Gasteiger partial charge in [-0.1, -0.05) is 30.3 Å². The largest absolute Gasteiger partial charge is 0.347 e. The van der Waals surface area contributed by atoms with Crippen molar-refractivity contribution in [1.82, 2.24) is 20.3 Å². The number of carbonyl (C=O) groups is 1. The average molecular weight is 306 g/mol. The van der Waals surface area contributed by atoms with Gasteiger partial charge in [-0.3, -0.25) is 9.78 Å². The number of hydrogen-bond donors (Lipinski definition) is 2. The van der Waals surface area contributed by atoms with E-state index in [4.69, 9.17) is 0 Å². The van der Waals surface area contributed by atoms with Gasteiger partial charge in [-0.05, 0) is 23.8 Å². The molecule has 0 radical (unpaired) electrons. The van der Waals surface area contributed by atoms with Gasteiger partial charge in [0, 0.05) is 24.5 Å². The molecule has 3 rings (SSSR count). The summed E-state index contributed by atoms with van der Waals surface area (Å²) in [5, 5.41) is 2.76. The third kappa shape index (κ3) is 3.68. The number of pyridine rings is 1. The van der Waals surface area contributed by atoms with Gasteiger partial charge in [0.25, 0.3) is 5.91 Å². The van der Waals surface area contributed by atoms with Crippen LogP contribution in [0.2, 0.25) is 0 Å². The van der Waals surface area contributed by atoms with E-state index in [0.29, 0.717) is 12.2 Å². The summed E-state index contributed by atoms with van der Waals surface area (Å²) in [7, 11) is 0. The molecule has 0 spiro atoms. The SMILES string of the molecule is O=C(NCc1ccncc1)c1cc(-c2ccccc2)nc(=O)[nH]1. The fourth-order valence-corrected chi connectivity index (χ4v) is 2.11. The summed E-state index contributed by atoms with van der Waals surface area (Å²) < 4.78 is 0. The molecule has 1 aromatic carbocycles. The smallest absolute Gasteiger partial charge is 0.346 e. The van der Waals surface area contributed by atoms with Crippen LogP contribution in [0.15, 0.2) is 65.7 Å². The Morgan fingerprint density at radius 2 is 1.83 bits per heavy atom. The Balaban J connectivity index is 1.81. The van der Waals surface area contributed by atoms with Gasteiger partial charge in [0.1, 0.15) is 5.69 Å². The number of benzene rings is 1. The number of amides is 1. The summed E-state index contributed by atoms with van der Waals surface area (Å²) >= 11 is 0. The molecule has 0 bridgehead atoms. The quantitative estimate of drug-likeness (QED) is 0.769. The number of hydrogen-bond acceptors (Lipinski definition) is 4. The molecule has 2 N–H and O–H groups in total. The van der Waals surface area contributed by atoms with Gasteiger partial charge >= 0.3 is 5.69 Å². The van der Waals surface area contributed by atoms with E-state index in [1.165, 1.54) is 0 Å². The van der Waals surface area contributed by atoms with Crippen molar-refractivity contribution in [2.75, 3.05) is 0 Å². The Hall–Kier alpha value is -3.28. The molecule has 0 atom stereocenters. The van der Waals surface area contributed by atoms with Crippen molar-refractivity contribution in [2.45, 2.75) is 6.54 Å². The van der Waals surface area contributed by atoms with Crippen LogP contribution in [-0.2, 0) is 6.54 Å². The summed E-state index contributed by atoms with van der Waals surface area (Å²) in [4.78, 5) is 34.2. The number of aromatic nitrogens is 3. The van der Waals surface area contributed by atoms with Crippen LogP contribution in [0.3, 0.4) is 0 Å². The highest BCUT2D eigenvalue weighted by Gasteiger charge is 2.10. The zero-order chi connectivity index (χ0) is 16.1. The molecular formula is C17H14N4O2. The van der Waals surface area contributed by atoms with E-state index in [1.807, 2.05) is 42.5 Å². The van der Waals surface area contributed by atoms with E-state index in [1.54, 1.807) is 18.5 Å². The van der Waals surface area contributed by atoms with Crippen LogP contribution >= 0.6 is 0 Å². The van der Waals surface area contributed by atoms with Crippen molar-refractivity contribution in [1.29, 1.82) is 0 Å². The van der Waals surface area contributed by atoms with Gasteiger partial charge in [0.15, 0.2) is 0 Å². The summed E-state index contributed by atoms with van der Waals surface area (Å²) in [6.07, 6.45) is 3.31. The highest BCUT2D eigenvalue weighted by Crippen LogP contribution is 2.15. The van der Waals surface area contributed by atoms with Gasteiger partial charge in [0.05, 0.1) is 5.69 Å². The fourth-order valence-electron chi connectivity index (χ4n) is 2.11. The van der Waals surface area contributed by atoms with Crippen LogP contribution in [0.25, 0.3) is 11.3 Å². The fraction of sp³-hybridized carbons (Fsp3) is 0.0588. The van der Waals surface area contributed by atoms with Crippen LogP contribution in [0.5, 0.6) is 0 Å². The second-order valence-corrected chi connectivity index (χ2v) is 4.89. The topological polar surface area (TPSA) is 87.7 Å². The lowest BCUT2D eigenvalue weighted by atomic mass is 10.1. The molecule has 6 heteroatoms. The van der Waals surface area contributed by atoms with E-state index in [0.717, 1.165) is 11.1 Å². The van der Waals surface area contributed by atoms with Crippen LogP contribution in [0.4, 0.5) is 0 Å². The molecule has 2 aromatic heterocycles. The van der Waals surface area contributed by atoms with Crippen LogP contribution in [-0.4, -0.2) is 20.9 Å². The molecule has 0 saturated heterocycles. The highest BCUT2D eigenvalue weighted by molar-refractivity contribution is 5.93. The first-order valence-electron chi connectivity index (χ1n) is 7.06. The van der Waals surface area contributed by atoms with E-state index < -0.39 is 5.69 Å². The normalized spacial score (nSPS) is 10.3. The third-order valence-electron chi connectivity index (χ3n) is 3.26. The Labute approximate surface area is 132 Å². The van der Waals surface area contributed by atoms with Gasteiger partial charge in [-0.2, -0.15) is 4.98 Å². The van der Waals surface area contributed by atoms with Gasteiger partial charge < -0.3 is 10.3 Å². The maximum atomic E-state index is 12.2. The zero-order valence-corrected chi connectivity index (χ0v) is 12.2. The van der Waals surface area contributed by atoms with Crippen LogP contribution in [0, 0.1) is 0 Å². The lowest BCUT2D eigenvalue weighted by molar-refractivity contribution is 0.0945. The van der Waals surface area contributed by atoms with Gasteiger partial charge in [-0.15, -0.1) is 0 Å². The van der Waals surface area contributed by atoms with E-state index in [-0.39, 0.29) is 11.6 Å². The highest BCUT2D eigenvalue weighted by atomic mass is 16.2. The molecule has 1 amide bonds. The number of aromatic amines is 1. The lowest BCUT2D eigenvalue weighted by Gasteiger charge is -2.06. The van der Waals surface area contributed by atoms with Crippen molar-refractivity contribution in [2.24, 2.45) is 0 Å². The zero-order valence-electron chi connectivity index (χ0n) is 12.2. The maximum Gasteiger partial charge on any atom is 0.346 e. The molecule has 0 fully saturated rings. The number of carbonyl (C=O) groups excluding carboxylic acids is 1. The van der Waals surface area contributed by atoms with Crippen molar-refractivity contribution < 1.29 is 4.79 Å². The molecule has 6 nitrogen and oxygen atoms in total. The number of nitrogens with zero attached hydrogens (tertiary/aromatic N) is 2. The Kier molecular flexibility index (Phi) is 4.24. The maximum absolute atomic E-state index is 12.2. The minimum atomic E-state index is -0.555. The molecule has 0 aliphatic heterocycles. The van der Waals surface area contributed by atoms with Crippen molar-refractivity contribution in [3.8, 4) is 11.3 Å². The molecule has 0 saturated carbocycles. The van der Waals surface area contributed by atoms with Crippen LogP contribution in [0.1, 0.15) is 16.1 Å². The molecule has 2 heterocycles. The number of H-pyrrole nitrogens is 1. The number of nitrogens with one attached hydrogen (secondary N) is 2. The van der Waals surface area contributed by atoms with E-state index in [9.17, 15) is 9.59 Å². The average Bonchev–Trinajstić information content (AvgIpc) is 2.61. The molecule has 0 unspecified atom stereocenters. The van der Waals surface area contributed by atoms with Crippen molar-refractivity contribution in [3.63, 3.8) is 0 Å². The predicted molar refractivity (Wildman–Crippen MR) is 85.7 cm³/mol. The first kappa shape index (κ1) is 14.6. The lowest BCUT2D eigenvalue weighted by Crippen LogP contribution is -2.27. The first-order chi connectivity index (χ1) is 11.2. The Bertz CT molecular complexity index is 861. The Morgan fingerprint density at radius 3 is 2.57 bits per heavy atom. The second kappa shape index (κ2) is 6.65. The summed E-state index contributed by atoms with van der Waals surface area (Å²) in [6.45, 7) is 0.354. The molecule has 23 heavy (non-hydrogen) atoms. The summed E-state index contributed by atoms with van der Waals surface area (Å²) in [5.74, 6) is -0.363. The molecule has 3 aromatic rings. The molecule has 0 aliphatic rings. The number of rotatable bonds is 4. The molecule has 0 aliphatic carbocycles. The first-order valence-corrected chi connectivity index (χ1v) is 7.06. The van der Waals surface area contributed by atoms with Gasteiger partial charge in [0.2, 0.25) is 0 Å². The van der Waals surface area contributed by atoms with Crippen molar-refractivity contribution in [3.05, 3.63) is 82.7 Å². The minimum Gasteiger partial charge on any atom is -0.347 e. The van der Waals surface area contributed by atoms with E-state index in [2.05, 4.69) is 20.3 Å². The van der Waals surface area contributed by atoms with E-state index >= 15 is 0 Å². The standard InChI is InChI=1S/C17H14N4O2/c22-16(19-11-12-6-8-18-9-7-12)15-10-14(20-17(23)21-15)13-4-2-1-3-5-13/h1-10H,11H2,(H,19,22)(H,20,21,23). The van der Waals surface area contributed by atoms with Crippen LogP contribution < -0.4 is 11.0 Å². The summed E-state index contributed by atoms with van der Waals surface area (Å²) in [6, 6.07) is 14.4. The minimum absolute atomic E-state index is 0.179. The second-order valence-electron chi connectivity index (χ2n) is 4.89. The van der Waals surface area contributed by atoms with Gasteiger partial charge in [-0.25, -0.2) is 4.79 Å².